The maximum absolute atomic E-state index is 14.7. The van der Waals surface area contributed by atoms with Crippen molar-refractivity contribution in [1.29, 1.82) is 0 Å². The van der Waals surface area contributed by atoms with Crippen molar-refractivity contribution in [2.75, 3.05) is 11.4 Å². The zero-order valence-electron chi connectivity index (χ0n) is 16.2. The summed E-state index contributed by atoms with van der Waals surface area (Å²) in [5.41, 5.74) is 0.380. The summed E-state index contributed by atoms with van der Waals surface area (Å²) < 4.78 is 30.9. The quantitative estimate of drug-likeness (QED) is 0.545. The highest BCUT2D eigenvalue weighted by molar-refractivity contribution is 6.45. The second-order valence-corrected chi connectivity index (χ2v) is 8.12. The number of hydrogen-bond acceptors (Lipinski definition) is 4. The Hall–Kier alpha value is -2.84. The van der Waals surface area contributed by atoms with E-state index in [1.165, 1.54) is 15.6 Å². The van der Waals surface area contributed by atoms with E-state index in [2.05, 4.69) is 15.1 Å². The lowest BCUT2D eigenvalue weighted by molar-refractivity contribution is -0.117. The molecule has 5 rings (SSSR count). The third-order valence-corrected chi connectivity index (χ3v) is 6.17. The lowest BCUT2D eigenvalue weighted by Crippen LogP contribution is -2.25. The van der Waals surface area contributed by atoms with Crippen LogP contribution in [0.25, 0.3) is 5.69 Å². The van der Waals surface area contributed by atoms with Gasteiger partial charge in [0.25, 0.3) is 5.95 Å². The minimum absolute atomic E-state index is 0.0247. The number of hydrogen-bond donors (Lipinski definition) is 0. The highest BCUT2D eigenvalue weighted by atomic mass is 35.5. The lowest BCUT2D eigenvalue weighted by atomic mass is 9.99. The second-order valence-electron chi connectivity index (χ2n) is 7.34. The topological polar surface area (TPSA) is 63.4 Å². The van der Waals surface area contributed by atoms with Gasteiger partial charge < -0.3 is 0 Å². The Morgan fingerprint density at radius 3 is 2.52 bits per heavy atom. The molecule has 3 heterocycles. The first-order chi connectivity index (χ1) is 14.9. The van der Waals surface area contributed by atoms with Crippen molar-refractivity contribution in [2.24, 2.45) is 4.99 Å². The number of anilines is 1. The van der Waals surface area contributed by atoms with Crippen LogP contribution < -0.4 is 4.90 Å². The summed E-state index contributed by atoms with van der Waals surface area (Å²) in [5.74, 6) is -0.925. The summed E-state index contributed by atoms with van der Waals surface area (Å²) in [6.45, 7) is 2.26. The molecule has 1 amide bonds. The molecule has 10 heteroatoms. The van der Waals surface area contributed by atoms with E-state index < -0.39 is 17.7 Å². The molecular weight excluding hydrogens is 447 g/mol. The first-order valence-corrected chi connectivity index (χ1v) is 10.4. The molecule has 1 atom stereocenters. The Balaban J connectivity index is 1.79. The van der Waals surface area contributed by atoms with Crippen LogP contribution >= 0.6 is 23.2 Å². The van der Waals surface area contributed by atoms with Crippen LogP contribution in [0, 0.1) is 11.6 Å². The van der Waals surface area contributed by atoms with E-state index in [4.69, 9.17) is 23.2 Å². The zero-order chi connectivity index (χ0) is 21.9. The summed E-state index contributed by atoms with van der Waals surface area (Å²) in [7, 11) is 0. The van der Waals surface area contributed by atoms with Crippen LogP contribution in [0.15, 0.2) is 35.3 Å². The standard InChI is InChI=1S/C21H15Cl2F2N5O/c1-10-20-27-21(29-9-3-6-15(29)31)28-30(20)14-8-7-11(22)18(23)17(14)19(26-10)16-12(24)4-2-5-13(16)25/h2,4-5,7-8,10H,3,6,9H2,1H3/t10-/m0/s1. The van der Waals surface area contributed by atoms with Crippen LogP contribution in [0.3, 0.4) is 0 Å². The summed E-state index contributed by atoms with van der Waals surface area (Å²) in [5, 5.41) is 4.82. The summed E-state index contributed by atoms with van der Waals surface area (Å²) in [6.07, 6.45) is 1.16. The molecule has 158 valence electrons. The number of carbonyl (C=O) groups excluding carboxylic acids is 1. The van der Waals surface area contributed by atoms with Gasteiger partial charge in [0, 0.05) is 18.5 Å². The van der Waals surface area contributed by atoms with Gasteiger partial charge in [-0.3, -0.25) is 14.7 Å². The summed E-state index contributed by atoms with van der Waals surface area (Å²) in [4.78, 5) is 22.8. The van der Waals surface area contributed by atoms with E-state index in [-0.39, 0.29) is 38.7 Å². The van der Waals surface area contributed by atoms with E-state index in [1.807, 2.05) is 0 Å². The summed E-state index contributed by atoms with van der Waals surface area (Å²) >= 11 is 12.8. The number of benzene rings is 2. The van der Waals surface area contributed by atoms with Gasteiger partial charge in [0.1, 0.15) is 17.7 Å². The number of aliphatic imine (C=N–C) groups is 1. The van der Waals surface area contributed by atoms with Gasteiger partial charge in [-0.25, -0.2) is 13.5 Å². The van der Waals surface area contributed by atoms with E-state index in [9.17, 15) is 13.6 Å². The molecule has 3 aromatic rings. The molecular formula is C21H15Cl2F2N5O. The van der Waals surface area contributed by atoms with Crippen molar-refractivity contribution in [1.82, 2.24) is 14.8 Å². The van der Waals surface area contributed by atoms with Gasteiger partial charge in [-0.1, -0.05) is 29.3 Å². The van der Waals surface area contributed by atoms with Crippen LogP contribution in [0.1, 0.15) is 42.8 Å². The molecule has 2 aliphatic rings. The Bertz CT molecular complexity index is 1250. The predicted molar refractivity (Wildman–Crippen MR) is 113 cm³/mol. The average molecular weight is 462 g/mol. The van der Waals surface area contributed by atoms with Crippen LogP contribution in [-0.4, -0.2) is 32.9 Å². The van der Waals surface area contributed by atoms with Gasteiger partial charge in [0.05, 0.1) is 27.0 Å². The molecule has 31 heavy (non-hydrogen) atoms. The van der Waals surface area contributed by atoms with Crippen molar-refractivity contribution in [3.63, 3.8) is 0 Å². The fraction of sp³-hybridized carbons (Fsp3) is 0.238. The van der Waals surface area contributed by atoms with Gasteiger partial charge in [0.15, 0.2) is 5.82 Å². The van der Waals surface area contributed by atoms with E-state index in [0.717, 1.165) is 18.6 Å². The first-order valence-electron chi connectivity index (χ1n) is 9.65. The molecule has 0 spiro atoms. The lowest BCUT2D eigenvalue weighted by Gasteiger charge is -2.15. The van der Waals surface area contributed by atoms with E-state index >= 15 is 0 Å². The third kappa shape index (κ3) is 3.13. The third-order valence-electron chi connectivity index (χ3n) is 5.37. The van der Waals surface area contributed by atoms with Crippen LogP contribution in [0.2, 0.25) is 10.0 Å². The molecule has 0 radical (unpaired) electrons. The van der Waals surface area contributed by atoms with Crippen molar-refractivity contribution in [3.05, 3.63) is 69.0 Å². The van der Waals surface area contributed by atoms with Gasteiger partial charge in [-0.2, -0.15) is 4.98 Å². The summed E-state index contributed by atoms with van der Waals surface area (Å²) in [6, 6.07) is 6.17. The Morgan fingerprint density at radius 1 is 1.10 bits per heavy atom. The average Bonchev–Trinajstić information content (AvgIpc) is 3.33. The van der Waals surface area contributed by atoms with Crippen molar-refractivity contribution in [3.8, 4) is 5.69 Å². The molecule has 0 saturated carbocycles. The SMILES string of the molecule is C[C@@H]1N=C(c2c(F)cccc2F)c2c(ccc(Cl)c2Cl)-n2nc(N3CCCC3=O)nc21. The Morgan fingerprint density at radius 2 is 1.84 bits per heavy atom. The van der Waals surface area contributed by atoms with Gasteiger partial charge in [-0.05, 0) is 37.6 Å². The fourth-order valence-corrected chi connectivity index (χ4v) is 4.31. The van der Waals surface area contributed by atoms with Gasteiger partial charge in [0.2, 0.25) is 5.91 Å². The fourth-order valence-electron chi connectivity index (χ4n) is 3.91. The van der Waals surface area contributed by atoms with Crippen molar-refractivity contribution in [2.45, 2.75) is 25.8 Å². The van der Waals surface area contributed by atoms with Crippen molar-refractivity contribution < 1.29 is 13.6 Å². The van der Waals surface area contributed by atoms with Crippen LogP contribution in [-0.2, 0) is 4.79 Å². The molecule has 1 saturated heterocycles. The molecule has 0 bridgehead atoms. The van der Waals surface area contributed by atoms with E-state index in [0.29, 0.717) is 24.5 Å². The Labute approximate surface area is 186 Å². The maximum atomic E-state index is 14.7. The number of carbonyl (C=O) groups is 1. The van der Waals surface area contributed by atoms with Crippen LogP contribution in [0.5, 0.6) is 0 Å². The maximum Gasteiger partial charge on any atom is 0.252 e. The molecule has 2 aromatic carbocycles. The van der Waals surface area contributed by atoms with Crippen molar-refractivity contribution >= 4 is 40.8 Å². The first kappa shape index (κ1) is 20.1. The number of nitrogens with zero attached hydrogens (tertiary/aromatic N) is 5. The zero-order valence-corrected chi connectivity index (χ0v) is 17.8. The molecule has 1 fully saturated rings. The smallest absolute Gasteiger partial charge is 0.252 e. The minimum atomic E-state index is -0.774. The normalized spacial score (nSPS) is 18.0. The molecule has 6 nitrogen and oxygen atoms in total. The van der Waals surface area contributed by atoms with Crippen LogP contribution in [0.4, 0.5) is 14.7 Å². The van der Waals surface area contributed by atoms with Gasteiger partial charge in [-0.15, -0.1) is 5.10 Å². The van der Waals surface area contributed by atoms with Gasteiger partial charge >= 0.3 is 0 Å². The number of amides is 1. The highest BCUT2D eigenvalue weighted by Crippen LogP contribution is 2.38. The van der Waals surface area contributed by atoms with E-state index in [1.54, 1.807) is 19.1 Å². The predicted octanol–water partition coefficient (Wildman–Crippen LogP) is 4.89. The molecule has 0 unspecified atom stereocenters. The monoisotopic (exact) mass is 461 g/mol. The largest absolute Gasteiger partial charge is 0.279 e. The minimum Gasteiger partial charge on any atom is -0.279 e. The number of halogens is 4. The molecule has 0 N–H and O–H groups in total. The molecule has 0 aliphatic carbocycles. The highest BCUT2D eigenvalue weighted by Gasteiger charge is 2.33. The Kier molecular flexibility index (Phi) is 4.79. The number of rotatable bonds is 2. The number of fused-ring (bicyclic) bond motifs is 3. The molecule has 2 aliphatic heterocycles. The number of aromatic nitrogens is 3. The molecule has 1 aromatic heterocycles. The second kappa shape index (κ2) is 7.39.